The molecule has 1 rings (SSSR count). The van der Waals surface area contributed by atoms with Gasteiger partial charge in [0.2, 0.25) is 0 Å². The van der Waals surface area contributed by atoms with Gasteiger partial charge in [0.15, 0.2) is 0 Å². The summed E-state index contributed by atoms with van der Waals surface area (Å²) in [5, 5.41) is 5.78. The maximum Gasteiger partial charge on any atom is 0.255 e. The van der Waals surface area contributed by atoms with Gasteiger partial charge in [-0.2, -0.15) is 0 Å². The Balaban J connectivity index is 2.39. The minimum atomic E-state index is -0.113. The van der Waals surface area contributed by atoms with Crippen LogP contribution >= 0.6 is 0 Å². The van der Waals surface area contributed by atoms with Crippen LogP contribution < -0.4 is 10.6 Å². The molecule has 0 aliphatic heterocycles. The van der Waals surface area contributed by atoms with Crippen LogP contribution in [0.15, 0.2) is 18.3 Å². The molecule has 0 spiro atoms. The smallest absolute Gasteiger partial charge is 0.255 e. The van der Waals surface area contributed by atoms with Crippen molar-refractivity contribution < 1.29 is 9.53 Å². The molecule has 6 nitrogen and oxygen atoms in total. The predicted octanol–water partition coefficient (Wildman–Crippen LogP) is 0.431. The Kier molecular flexibility index (Phi) is 6.84. The lowest BCUT2D eigenvalue weighted by molar-refractivity contribution is 0.0948. The molecule has 0 unspecified atom stereocenters. The summed E-state index contributed by atoms with van der Waals surface area (Å²) in [4.78, 5) is 18.2. The number of likely N-dealkylation sites (N-methyl/N-ethyl adjacent to an activating group) is 1. The molecule has 6 heteroatoms. The summed E-state index contributed by atoms with van der Waals surface area (Å²) in [5.41, 5.74) is 0.560. The average Bonchev–Trinajstić information content (AvgIpc) is 2.44. The predicted molar refractivity (Wildman–Crippen MR) is 75.5 cm³/mol. The first kappa shape index (κ1) is 15.4. The largest absolute Gasteiger partial charge is 0.383 e. The first-order valence-corrected chi connectivity index (χ1v) is 6.27. The molecule has 0 aromatic carbocycles. The number of hydrogen-bond donors (Lipinski definition) is 2. The summed E-state index contributed by atoms with van der Waals surface area (Å²) in [5.74, 6) is 0.477. The van der Waals surface area contributed by atoms with E-state index in [4.69, 9.17) is 4.74 Å². The number of rotatable bonds is 8. The third-order valence-corrected chi connectivity index (χ3v) is 2.75. The zero-order valence-corrected chi connectivity index (χ0v) is 11.8. The van der Waals surface area contributed by atoms with E-state index in [1.807, 2.05) is 7.05 Å². The molecule has 1 aromatic heterocycles. The molecule has 0 fully saturated rings. The van der Waals surface area contributed by atoms with E-state index in [1.165, 1.54) is 0 Å². The number of methoxy groups -OCH3 is 1. The molecule has 19 heavy (non-hydrogen) atoms. The SMILES string of the molecule is CNc1ncccc1C(=O)NCCN(C)CCOC. The molecule has 106 valence electrons. The molecule has 0 saturated carbocycles. The van der Waals surface area contributed by atoms with E-state index in [9.17, 15) is 4.79 Å². The van der Waals surface area contributed by atoms with Crippen molar-refractivity contribution in [2.75, 3.05) is 52.8 Å². The highest BCUT2D eigenvalue weighted by Crippen LogP contribution is 2.09. The van der Waals surface area contributed by atoms with Crippen molar-refractivity contribution in [2.24, 2.45) is 0 Å². The standard InChI is InChI=1S/C13H22N4O2/c1-14-12-11(5-4-6-15-12)13(18)16-7-8-17(2)9-10-19-3/h4-6H,7-10H2,1-3H3,(H,14,15)(H,16,18). The maximum absolute atomic E-state index is 12.0. The van der Waals surface area contributed by atoms with Crippen LogP contribution in [-0.4, -0.2) is 63.2 Å². The van der Waals surface area contributed by atoms with Gasteiger partial charge in [-0.15, -0.1) is 0 Å². The van der Waals surface area contributed by atoms with Crippen molar-refractivity contribution in [1.29, 1.82) is 0 Å². The quantitative estimate of drug-likeness (QED) is 0.714. The van der Waals surface area contributed by atoms with E-state index in [0.29, 0.717) is 24.5 Å². The van der Waals surface area contributed by atoms with Crippen molar-refractivity contribution in [2.45, 2.75) is 0 Å². The number of ether oxygens (including phenoxy) is 1. The number of amides is 1. The number of pyridine rings is 1. The van der Waals surface area contributed by atoms with Crippen LogP contribution in [0.2, 0.25) is 0 Å². The maximum atomic E-state index is 12.0. The van der Waals surface area contributed by atoms with Gasteiger partial charge in [0, 0.05) is 40.0 Å². The van der Waals surface area contributed by atoms with Crippen molar-refractivity contribution in [1.82, 2.24) is 15.2 Å². The van der Waals surface area contributed by atoms with Crippen LogP contribution in [0.5, 0.6) is 0 Å². The molecular formula is C13H22N4O2. The van der Waals surface area contributed by atoms with Crippen LogP contribution in [0.1, 0.15) is 10.4 Å². The highest BCUT2D eigenvalue weighted by Gasteiger charge is 2.10. The summed E-state index contributed by atoms with van der Waals surface area (Å²) in [6.07, 6.45) is 1.65. The van der Waals surface area contributed by atoms with Crippen LogP contribution in [0.4, 0.5) is 5.82 Å². The third kappa shape index (κ3) is 5.23. The molecule has 0 saturated heterocycles. The normalized spacial score (nSPS) is 10.5. The van der Waals surface area contributed by atoms with Gasteiger partial charge in [-0.05, 0) is 19.2 Å². The number of hydrogen-bond acceptors (Lipinski definition) is 5. The lowest BCUT2D eigenvalue weighted by Gasteiger charge is -2.16. The number of carbonyl (C=O) groups excluding carboxylic acids is 1. The Hall–Kier alpha value is -1.66. The van der Waals surface area contributed by atoms with Gasteiger partial charge in [0.25, 0.3) is 5.91 Å². The number of nitrogens with one attached hydrogen (secondary N) is 2. The zero-order valence-electron chi connectivity index (χ0n) is 11.8. The second kappa shape index (κ2) is 8.44. The third-order valence-electron chi connectivity index (χ3n) is 2.75. The first-order chi connectivity index (χ1) is 9.19. The number of carbonyl (C=O) groups is 1. The van der Waals surface area contributed by atoms with E-state index >= 15 is 0 Å². The monoisotopic (exact) mass is 266 g/mol. The number of anilines is 1. The average molecular weight is 266 g/mol. The molecule has 0 radical (unpaired) electrons. The first-order valence-electron chi connectivity index (χ1n) is 6.27. The summed E-state index contributed by atoms with van der Waals surface area (Å²) in [6.45, 7) is 2.92. The van der Waals surface area contributed by atoms with E-state index in [1.54, 1.807) is 32.5 Å². The Morgan fingerprint density at radius 3 is 2.95 bits per heavy atom. The van der Waals surface area contributed by atoms with Gasteiger partial charge >= 0.3 is 0 Å². The molecule has 1 amide bonds. The Morgan fingerprint density at radius 2 is 2.26 bits per heavy atom. The lowest BCUT2D eigenvalue weighted by atomic mass is 10.2. The van der Waals surface area contributed by atoms with Crippen LogP contribution in [0, 0.1) is 0 Å². The Bertz CT molecular complexity index is 398. The van der Waals surface area contributed by atoms with Crippen LogP contribution in [-0.2, 0) is 4.74 Å². The van der Waals surface area contributed by atoms with Gasteiger partial charge in [-0.25, -0.2) is 4.98 Å². The van der Waals surface area contributed by atoms with Crippen molar-refractivity contribution >= 4 is 11.7 Å². The molecule has 2 N–H and O–H groups in total. The molecule has 0 atom stereocenters. The molecule has 1 heterocycles. The summed E-state index contributed by atoms with van der Waals surface area (Å²) < 4.78 is 4.99. The fraction of sp³-hybridized carbons (Fsp3) is 0.538. The van der Waals surface area contributed by atoms with Crippen LogP contribution in [0.3, 0.4) is 0 Å². The zero-order chi connectivity index (χ0) is 14.1. The lowest BCUT2D eigenvalue weighted by Crippen LogP contribution is -2.34. The Morgan fingerprint density at radius 1 is 1.47 bits per heavy atom. The number of nitrogens with zero attached hydrogens (tertiary/aromatic N) is 2. The van der Waals surface area contributed by atoms with Crippen molar-refractivity contribution in [3.8, 4) is 0 Å². The fourth-order valence-electron chi connectivity index (χ4n) is 1.60. The van der Waals surface area contributed by atoms with Crippen molar-refractivity contribution in [3.63, 3.8) is 0 Å². The molecule has 0 bridgehead atoms. The van der Waals surface area contributed by atoms with E-state index in [0.717, 1.165) is 13.1 Å². The highest BCUT2D eigenvalue weighted by molar-refractivity contribution is 5.98. The second-order valence-corrected chi connectivity index (χ2v) is 4.20. The van der Waals surface area contributed by atoms with E-state index < -0.39 is 0 Å². The van der Waals surface area contributed by atoms with Gasteiger partial charge in [-0.3, -0.25) is 4.79 Å². The molecular weight excluding hydrogens is 244 g/mol. The Labute approximate surface area is 114 Å². The fourth-order valence-corrected chi connectivity index (χ4v) is 1.60. The second-order valence-electron chi connectivity index (χ2n) is 4.20. The van der Waals surface area contributed by atoms with Crippen LogP contribution in [0.25, 0.3) is 0 Å². The topological polar surface area (TPSA) is 66.5 Å². The minimum absolute atomic E-state index is 0.113. The molecule has 0 aliphatic rings. The van der Waals surface area contributed by atoms with Gasteiger partial charge in [-0.1, -0.05) is 0 Å². The summed E-state index contributed by atoms with van der Waals surface area (Å²) in [7, 11) is 5.42. The molecule has 0 aliphatic carbocycles. The van der Waals surface area contributed by atoms with Gasteiger partial charge < -0.3 is 20.3 Å². The van der Waals surface area contributed by atoms with Crippen molar-refractivity contribution in [3.05, 3.63) is 23.9 Å². The molecule has 1 aromatic rings. The van der Waals surface area contributed by atoms with E-state index in [2.05, 4.69) is 20.5 Å². The van der Waals surface area contributed by atoms with Gasteiger partial charge in [0.1, 0.15) is 5.82 Å². The highest BCUT2D eigenvalue weighted by atomic mass is 16.5. The summed E-state index contributed by atoms with van der Waals surface area (Å²) >= 11 is 0. The summed E-state index contributed by atoms with van der Waals surface area (Å²) in [6, 6.07) is 3.50. The number of aromatic nitrogens is 1. The van der Waals surface area contributed by atoms with Gasteiger partial charge in [0.05, 0.1) is 12.2 Å². The minimum Gasteiger partial charge on any atom is -0.383 e. The van der Waals surface area contributed by atoms with E-state index in [-0.39, 0.29) is 5.91 Å².